The molecule has 0 aliphatic carbocycles. The third-order valence-corrected chi connectivity index (χ3v) is 4.76. The van der Waals surface area contributed by atoms with Gasteiger partial charge in [0, 0.05) is 45.0 Å². The van der Waals surface area contributed by atoms with Crippen molar-refractivity contribution in [3.8, 4) is 0 Å². The maximum Gasteiger partial charge on any atom is 0.280 e. The van der Waals surface area contributed by atoms with Gasteiger partial charge in [0.25, 0.3) is 5.56 Å². The lowest BCUT2D eigenvalue weighted by atomic mass is 9.96. The first-order chi connectivity index (χ1) is 12.4. The van der Waals surface area contributed by atoms with Crippen molar-refractivity contribution in [2.45, 2.75) is 38.1 Å². The van der Waals surface area contributed by atoms with Crippen LogP contribution in [-0.2, 0) is 24.8 Å². The predicted molar refractivity (Wildman–Crippen MR) is 94.6 cm³/mol. The number of amides is 1. The minimum Gasteiger partial charge on any atom is -0.384 e. The third-order valence-electron chi connectivity index (χ3n) is 4.76. The molecule has 0 saturated carbocycles. The van der Waals surface area contributed by atoms with E-state index in [0.717, 1.165) is 37.6 Å². The Morgan fingerprint density at radius 2 is 2.23 bits per heavy atom. The van der Waals surface area contributed by atoms with Crippen LogP contribution in [0, 0.1) is 0 Å². The van der Waals surface area contributed by atoms with Gasteiger partial charge in [-0.3, -0.25) is 9.59 Å². The number of aromatic amines is 1. The first-order valence-electron chi connectivity index (χ1n) is 8.92. The zero-order valence-electron chi connectivity index (χ0n) is 15.6. The first kappa shape index (κ1) is 18.4. The summed E-state index contributed by atoms with van der Waals surface area (Å²) < 4.78 is 7.06. The van der Waals surface area contributed by atoms with Crippen LogP contribution in [-0.4, -0.2) is 62.8 Å². The molecule has 1 aliphatic heterocycles. The van der Waals surface area contributed by atoms with Gasteiger partial charge in [0.2, 0.25) is 5.91 Å². The highest BCUT2D eigenvalue weighted by molar-refractivity contribution is 5.76. The molecule has 3 heterocycles. The van der Waals surface area contributed by atoms with Crippen molar-refractivity contribution in [2.24, 2.45) is 7.05 Å². The standard InChI is InChI=1S/C17H26N6O3/c1-21(2)11-14-18-19-17(22(14)3)12-5-4-8-23(10-12)16(25)7-6-13-9-15(24)20-26-13/h9,12H,4-8,10-11H2,1-3H3,(H,20,24)/t12-/m0/s1. The molecule has 3 rings (SSSR count). The number of carbonyl (C=O) groups is 1. The zero-order valence-corrected chi connectivity index (χ0v) is 15.6. The topological polar surface area (TPSA) is 100 Å². The molecular formula is C17H26N6O3. The van der Waals surface area contributed by atoms with Crippen LogP contribution < -0.4 is 5.56 Å². The molecule has 0 spiro atoms. The number of aryl methyl sites for hydroxylation is 1. The van der Waals surface area contributed by atoms with E-state index in [9.17, 15) is 9.59 Å². The summed E-state index contributed by atoms with van der Waals surface area (Å²) >= 11 is 0. The van der Waals surface area contributed by atoms with Crippen LogP contribution in [0.4, 0.5) is 0 Å². The minimum atomic E-state index is -0.277. The van der Waals surface area contributed by atoms with Gasteiger partial charge in [-0.15, -0.1) is 10.2 Å². The van der Waals surface area contributed by atoms with E-state index < -0.39 is 0 Å². The van der Waals surface area contributed by atoms with Gasteiger partial charge in [0.15, 0.2) is 0 Å². The van der Waals surface area contributed by atoms with Gasteiger partial charge in [0.05, 0.1) is 6.54 Å². The highest BCUT2D eigenvalue weighted by atomic mass is 16.5. The molecule has 9 nitrogen and oxygen atoms in total. The summed E-state index contributed by atoms with van der Waals surface area (Å²) in [6.45, 7) is 2.15. The fourth-order valence-corrected chi connectivity index (χ4v) is 3.40. The number of hydrogen-bond donors (Lipinski definition) is 1. The van der Waals surface area contributed by atoms with Gasteiger partial charge in [-0.2, -0.15) is 5.16 Å². The summed E-state index contributed by atoms with van der Waals surface area (Å²) in [4.78, 5) is 27.6. The predicted octanol–water partition coefficient (Wildman–Crippen LogP) is 0.497. The van der Waals surface area contributed by atoms with Crippen molar-refractivity contribution in [3.05, 3.63) is 33.8 Å². The molecule has 2 aromatic rings. The van der Waals surface area contributed by atoms with Gasteiger partial charge >= 0.3 is 0 Å². The number of piperidine rings is 1. The second-order valence-corrected chi connectivity index (χ2v) is 7.13. The Morgan fingerprint density at radius 3 is 2.92 bits per heavy atom. The largest absolute Gasteiger partial charge is 0.384 e. The monoisotopic (exact) mass is 362 g/mol. The van der Waals surface area contributed by atoms with E-state index in [0.29, 0.717) is 25.1 Å². The van der Waals surface area contributed by atoms with Gasteiger partial charge in [-0.25, -0.2) is 0 Å². The SMILES string of the molecule is CN(C)Cc1nnc([C@H]2CCCN(C(=O)CCc3cc(=O)[nH]o3)C2)n1C. The van der Waals surface area contributed by atoms with Gasteiger partial charge in [-0.05, 0) is 26.9 Å². The Labute approximate surface area is 151 Å². The molecule has 9 heteroatoms. The molecule has 1 atom stereocenters. The van der Waals surface area contributed by atoms with E-state index >= 15 is 0 Å². The summed E-state index contributed by atoms with van der Waals surface area (Å²) in [6.07, 6.45) is 2.71. The summed E-state index contributed by atoms with van der Waals surface area (Å²) in [7, 11) is 5.99. The second-order valence-electron chi connectivity index (χ2n) is 7.13. The minimum absolute atomic E-state index is 0.0780. The van der Waals surface area contributed by atoms with E-state index in [-0.39, 0.29) is 17.4 Å². The Morgan fingerprint density at radius 1 is 1.42 bits per heavy atom. The fraction of sp³-hybridized carbons (Fsp3) is 0.647. The number of carbonyl (C=O) groups excluding carboxylic acids is 1. The number of aromatic nitrogens is 4. The second kappa shape index (κ2) is 7.86. The Bertz CT molecular complexity index is 806. The average molecular weight is 362 g/mol. The van der Waals surface area contributed by atoms with E-state index in [4.69, 9.17) is 4.52 Å². The number of H-pyrrole nitrogens is 1. The molecule has 1 N–H and O–H groups in total. The Kier molecular flexibility index (Phi) is 5.55. The highest BCUT2D eigenvalue weighted by Gasteiger charge is 2.28. The number of rotatable bonds is 6. The molecular weight excluding hydrogens is 336 g/mol. The number of likely N-dealkylation sites (tertiary alicyclic amines) is 1. The van der Waals surface area contributed by atoms with Crippen LogP contribution in [0.15, 0.2) is 15.4 Å². The molecule has 1 saturated heterocycles. The normalized spacial score (nSPS) is 17.8. The van der Waals surface area contributed by atoms with Crippen LogP contribution in [0.5, 0.6) is 0 Å². The molecule has 142 valence electrons. The number of nitrogens with zero attached hydrogens (tertiary/aromatic N) is 5. The summed E-state index contributed by atoms with van der Waals surface area (Å²) in [6, 6.07) is 1.39. The molecule has 0 unspecified atom stereocenters. The van der Waals surface area contributed by atoms with Crippen molar-refractivity contribution in [1.82, 2.24) is 29.7 Å². The van der Waals surface area contributed by atoms with Crippen LogP contribution in [0.1, 0.15) is 42.6 Å². The lowest BCUT2D eigenvalue weighted by Gasteiger charge is -2.32. The third kappa shape index (κ3) is 4.21. The van der Waals surface area contributed by atoms with E-state index in [1.807, 2.05) is 30.6 Å². The van der Waals surface area contributed by atoms with Gasteiger partial charge < -0.3 is 18.9 Å². The Hall–Kier alpha value is -2.42. The van der Waals surface area contributed by atoms with Crippen molar-refractivity contribution >= 4 is 5.91 Å². The summed E-state index contributed by atoms with van der Waals surface area (Å²) in [5.74, 6) is 2.66. The van der Waals surface area contributed by atoms with E-state index in [1.54, 1.807) is 0 Å². The number of hydrogen-bond acceptors (Lipinski definition) is 6. The van der Waals surface area contributed by atoms with Gasteiger partial charge in [0.1, 0.15) is 17.4 Å². The fourth-order valence-electron chi connectivity index (χ4n) is 3.40. The molecule has 1 aliphatic rings. The van der Waals surface area contributed by atoms with Crippen molar-refractivity contribution in [3.63, 3.8) is 0 Å². The molecule has 0 radical (unpaired) electrons. The van der Waals surface area contributed by atoms with Crippen LogP contribution in [0.2, 0.25) is 0 Å². The smallest absolute Gasteiger partial charge is 0.280 e. The highest BCUT2D eigenvalue weighted by Crippen LogP contribution is 2.26. The molecule has 0 bridgehead atoms. The van der Waals surface area contributed by atoms with E-state index in [2.05, 4.69) is 20.3 Å². The van der Waals surface area contributed by atoms with Gasteiger partial charge in [-0.1, -0.05) is 0 Å². The lowest BCUT2D eigenvalue weighted by Crippen LogP contribution is -2.39. The van der Waals surface area contributed by atoms with Crippen LogP contribution in [0.25, 0.3) is 0 Å². The van der Waals surface area contributed by atoms with E-state index in [1.165, 1.54) is 6.07 Å². The molecule has 26 heavy (non-hydrogen) atoms. The van der Waals surface area contributed by atoms with Crippen LogP contribution in [0.3, 0.4) is 0 Å². The molecule has 1 fully saturated rings. The van der Waals surface area contributed by atoms with Crippen molar-refractivity contribution in [2.75, 3.05) is 27.2 Å². The summed E-state index contributed by atoms with van der Waals surface area (Å²) in [5.41, 5.74) is -0.277. The zero-order chi connectivity index (χ0) is 18.7. The first-order valence-corrected chi connectivity index (χ1v) is 8.92. The van der Waals surface area contributed by atoms with Crippen molar-refractivity contribution in [1.29, 1.82) is 0 Å². The quantitative estimate of drug-likeness (QED) is 0.803. The summed E-state index contributed by atoms with van der Waals surface area (Å²) in [5, 5.41) is 10.9. The maximum atomic E-state index is 12.5. The van der Waals surface area contributed by atoms with Crippen molar-refractivity contribution < 1.29 is 9.32 Å². The van der Waals surface area contributed by atoms with Crippen LogP contribution >= 0.6 is 0 Å². The Balaban J connectivity index is 1.61. The lowest BCUT2D eigenvalue weighted by molar-refractivity contribution is -0.132. The number of nitrogens with one attached hydrogen (secondary N) is 1. The average Bonchev–Trinajstić information content (AvgIpc) is 3.19. The molecule has 0 aromatic carbocycles. The molecule has 1 amide bonds. The molecule has 2 aromatic heterocycles. The maximum absolute atomic E-state index is 12.5.